The molecule has 0 saturated carbocycles. The summed E-state index contributed by atoms with van der Waals surface area (Å²) >= 11 is 0. The first kappa shape index (κ1) is 23.5. The molecule has 0 aromatic heterocycles. The third-order valence-electron chi connectivity index (χ3n) is 2.66. The Morgan fingerprint density at radius 1 is 0.905 bits per heavy atom. The topological polar surface area (TPSA) is 37.4 Å². The van der Waals surface area contributed by atoms with Gasteiger partial charge in [-0.3, -0.25) is 0 Å². The first-order valence-electron chi connectivity index (χ1n) is 7.33. The van der Waals surface area contributed by atoms with Crippen molar-refractivity contribution in [1.29, 1.82) is 0 Å². The Morgan fingerprint density at radius 3 is 1.57 bits per heavy atom. The lowest BCUT2D eigenvalue weighted by atomic mass is 10.5. The lowest BCUT2D eigenvalue weighted by Crippen LogP contribution is -2.21. The average molecular weight is 362 g/mol. The minimum Gasteiger partial charge on any atom is -0.314 e. The van der Waals surface area contributed by atoms with E-state index in [1.807, 2.05) is 14.1 Å². The third-order valence-corrected chi connectivity index (χ3v) is 6.78. The normalized spacial score (nSPS) is 13.0. The number of halogens is 2. The molecule has 8 heteroatoms. The van der Waals surface area contributed by atoms with Gasteiger partial charge in [-0.2, -0.15) is 0 Å². The fourth-order valence-corrected chi connectivity index (χ4v) is 4.51. The van der Waals surface area contributed by atoms with Gasteiger partial charge >= 0.3 is 0 Å². The van der Waals surface area contributed by atoms with Crippen molar-refractivity contribution >= 4 is 26.7 Å². The van der Waals surface area contributed by atoms with E-state index in [4.69, 9.17) is 0 Å². The molecule has 0 aliphatic carbocycles. The van der Waals surface area contributed by atoms with E-state index in [1.165, 1.54) is 6.26 Å². The fraction of sp³-hybridized carbons (Fsp3) is 1.00. The van der Waals surface area contributed by atoms with Crippen molar-refractivity contribution in [2.75, 3.05) is 32.6 Å². The molecule has 130 valence electrons. The highest BCUT2D eigenvalue weighted by molar-refractivity contribution is 7.90. The van der Waals surface area contributed by atoms with Crippen LogP contribution in [0.4, 0.5) is 8.22 Å². The Hall–Kier alpha value is 0.204. The van der Waals surface area contributed by atoms with E-state index in [1.54, 1.807) is 26.2 Å². The Morgan fingerprint density at radius 2 is 1.29 bits per heavy atom. The molecule has 0 N–H and O–H groups in total. The first-order valence-corrected chi connectivity index (χ1v) is 15.6. The van der Waals surface area contributed by atoms with Gasteiger partial charge in [0.1, 0.15) is 9.84 Å². The second-order valence-corrected chi connectivity index (χ2v) is 17.2. The lowest BCUT2D eigenvalue weighted by Gasteiger charge is -2.13. The molecule has 0 spiro atoms. The van der Waals surface area contributed by atoms with Crippen molar-refractivity contribution in [2.45, 2.75) is 51.1 Å². The highest BCUT2D eigenvalue weighted by atomic mass is 32.2. The first-order chi connectivity index (χ1) is 9.12. The van der Waals surface area contributed by atoms with Crippen LogP contribution in [0.25, 0.3) is 0 Å². The van der Waals surface area contributed by atoms with Crippen LogP contribution >= 0.6 is 0 Å². The van der Waals surface area contributed by atoms with Crippen LogP contribution in [0.5, 0.6) is 0 Å². The SMILES string of the molecule is CN(C)CCC[Si](C)(C)F.C[Si](C)(F)CCCS(C)(=O)=O. The van der Waals surface area contributed by atoms with E-state index < -0.39 is 26.7 Å². The minimum absolute atomic E-state index is 0.118. The van der Waals surface area contributed by atoms with Crippen molar-refractivity contribution in [3.8, 4) is 0 Å². The van der Waals surface area contributed by atoms with E-state index in [0.29, 0.717) is 12.5 Å². The van der Waals surface area contributed by atoms with Crippen LogP contribution in [-0.4, -0.2) is 62.8 Å². The fourth-order valence-electron chi connectivity index (χ4n) is 1.57. The van der Waals surface area contributed by atoms with E-state index in [2.05, 4.69) is 4.90 Å². The summed E-state index contributed by atoms with van der Waals surface area (Å²) in [6.45, 7) is 7.73. The number of sulfone groups is 1. The van der Waals surface area contributed by atoms with Gasteiger partial charge in [-0.05, 0) is 71.8 Å². The van der Waals surface area contributed by atoms with Crippen molar-refractivity contribution in [3.05, 3.63) is 0 Å². The maximum Gasteiger partial charge on any atom is 0.241 e. The smallest absolute Gasteiger partial charge is 0.241 e. The summed E-state index contributed by atoms with van der Waals surface area (Å²) in [6.07, 6.45) is 2.65. The molecule has 0 rings (SSSR count). The molecule has 0 aliphatic rings. The van der Waals surface area contributed by atoms with Crippen LogP contribution in [0, 0.1) is 0 Å². The van der Waals surface area contributed by atoms with E-state index >= 15 is 0 Å². The van der Waals surface area contributed by atoms with Gasteiger partial charge in [0.2, 0.25) is 16.8 Å². The molecule has 0 amide bonds. The molecular weight excluding hydrogens is 328 g/mol. The van der Waals surface area contributed by atoms with Gasteiger partial charge < -0.3 is 13.1 Å². The molecule has 0 aromatic rings. The molecule has 0 bridgehead atoms. The molecular formula is C13H33F2NO2SSi2. The zero-order chi connectivity index (χ0) is 17.3. The minimum atomic E-state index is -2.89. The number of hydrogen-bond acceptors (Lipinski definition) is 3. The van der Waals surface area contributed by atoms with Crippen LogP contribution in [-0.2, 0) is 9.84 Å². The predicted molar refractivity (Wildman–Crippen MR) is 94.3 cm³/mol. The van der Waals surface area contributed by atoms with Crippen LogP contribution in [0.15, 0.2) is 0 Å². The van der Waals surface area contributed by atoms with Gasteiger partial charge in [0.25, 0.3) is 0 Å². The van der Waals surface area contributed by atoms with Gasteiger partial charge in [0.05, 0.1) is 0 Å². The summed E-state index contributed by atoms with van der Waals surface area (Å²) in [5, 5.41) is 0. The Labute approximate surface area is 132 Å². The number of nitrogens with zero attached hydrogens (tertiary/aromatic N) is 1. The summed E-state index contributed by atoms with van der Waals surface area (Å²) < 4.78 is 47.1. The maximum atomic E-state index is 13.0. The van der Waals surface area contributed by atoms with Crippen LogP contribution in [0.3, 0.4) is 0 Å². The van der Waals surface area contributed by atoms with Crippen LogP contribution in [0.1, 0.15) is 12.8 Å². The largest absolute Gasteiger partial charge is 0.314 e. The monoisotopic (exact) mass is 361 g/mol. The Kier molecular flexibility index (Phi) is 11.3. The average Bonchev–Trinajstić information content (AvgIpc) is 2.10. The van der Waals surface area contributed by atoms with Crippen molar-refractivity contribution in [2.24, 2.45) is 0 Å². The summed E-state index contributed by atoms with van der Waals surface area (Å²) in [5.74, 6) is 0.118. The summed E-state index contributed by atoms with van der Waals surface area (Å²) in [7, 11) is -3.62. The predicted octanol–water partition coefficient (Wildman–Crippen LogP) is 3.71. The zero-order valence-electron chi connectivity index (χ0n) is 14.7. The third kappa shape index (κ3) is 29.0. The second kappa shape index (κ2) is 10.1. The second-order valence-electron chi connectivity index (χ2n) is 7.08. The molecule has 3 nitrogen and oxygen atoms in total. The molecule has 0 heterocycles. The molecule has 0 aromatic carbocycles. The lowest BCUT2D eigenvalue weighted by molar-refractivity contribution is 0.406. The van der Waals surface area contributed by atoms with E-state index in [9.17, 15) is 16.6 Å². The highest BCUT2D eigenvalue weighted by Crippen LogP contribution is 2.13. The molecule has 0 atom stereocenters. The van der Waals surface area contributed by atoms with Crippen LogP contribution < -0.4 is 0 Å². The van der Waals surface area contributed by atoms with Gasteiger partial charge in [-0.15, -0.1) is 0 Å². The highest BCUT2D eigenvalue weighted by Gasteiger charge is 2.20. The Balaban J connectivity index is 0. The van der Waals surface area contributed by atoms with Gasteiger partial charge in [0, 0.05) is 12.0 Å². The van der Waals surface area contributed by atoms with E-state index in [-0.39, 0.29) is 5.75 Å². The van der Waals surface area contributed by atoms with Gasteiger partial charge in [0.15, 0.2) is 0 Å². The zero-order valence-corrected chi connectivity index (χ0v) is 17.5. The maximum absolute atomic E-state index is 13.0. The quantitative estimate of drug-likeness (QED) is 0.488. The van der Waals surface area contributed by atoms with Crippen molar-refractivity contribution in [1.82, 2.24) is 4.90 Å². The molecule has 21 heavy (non-hydrogen) atoms. The van der Waals surface area contributed by atoms with Crippen molar-refractivity contribution < 1.29 is 16.6 Å². The molecule has 0 saturated heterocycles. The van der Waals surface area contributed by atoms with E-state index in [0.717, 1.165) is 19.0 Å². The number of hydrogen-bond donors (Lipinski definition) is 0. The van der Waals surface area contributed by atoms with Crippen molar-refractivity contribution in [3.63, 3.8) is 0 Å². The van der Waals surface area contributed by atoms with Gasteiger partial charge in [-0.25, -0.2) is 8.42 Å². The molecule has 0 fully saturated rings. The molecule has 0 aliphatic heterocycles. The number of rotatable bonds is 8. The summed E-state index contributed by atoms with van der Waals surface area (Å²) in [4.78, 5) is 2.10. The molecule has 0 unspecified atom stereocenters. The standard InChI is InChI=1S/C7H18FNSi.C6H15FO2SSi/c1-9(2)6-5-7-10(3,4)8;1-10(8,9)5-4-6-11(2,3)7/h5-7H2,1-4H3;4-6H2,1-3H3. The molecule has 0 radical (unpaired) electrons. The van der Waals surface area contributed by atoms with Crippen LogP contribution in [0.2, 0.25) is 38.3 Å². The van der Waals surface area contributed by atoms with Gasteiger partial charge in [-0.1, -0.05) is 0 Å². The Bertz CT molecular complexity index is 363. The summed E-state index contributed by atoms with van der Waals surface area (Å²) in [5.41, 5.74) is 0. The summed E-state index contributed by atoms with van der Waals surface area (Å²) in [6, 6.07) is 1.24.